The molecule has 0 spiro atoms. The minimum Gasteiger partial charge on any atom is -0.511 e. The molecule has 0 unspecified atom stereocenters. The van der Waals surface area contributed by atoms with E-state index in [9.17, 15) is 4.79 Å². The smallest absolute Gasteiger partial charge is 0.271 e. The molecule has 0 aliphatic rings. The minimum atomic E-state index is -0.646. The lowest BCUT2D eigenvalue weighted by Crippen LogP contribution is -2.14. The minimum absolute atomic E-state index is 0.303. The first-order valence-corrected chi connectivity index (χ1v) is 4.96. The molecule has 1 rings (SSSR count). The van der Waals surface area contributed by atoms with Crippen LogP contribution in [0.1, 0.15) is 12.6 Å². The molecule has 78 valence electrons. The average Bonchev–Trinajstić information content (AvgIpc) is 2.51. The second kappa shape index (κ2) is 4.57. The van der Waals surface area contributed by atoms with Gasteiger partial charge in [0.05, 0.1) is 5.69 Å². The first-order chi connectivity index (χ1) is 7.04. The van der Waals surface area contributed by atoms with E-state index in [0.717, 1.165) is 5.69 Å². The van der Waals surface area contributed by atoms with Gasteiger partial charge in [-0.1, -0.05) is 0 Å². The maximum absolute atomic E-state index is 11.4. The number of nitrogens with zero attached hydrogens (tertiary/aromatic N) is 2. The highest BCUT2D eigenvalue weighted by Crippen LogP contribution is 2.15. The van der Waals surface area contributed by atoms with Crippen molar-refractivity contribution >= 4 is 22.4 Å². The number of hydrogen-bond acceptors (Lipinski definition) is 5. The van der Waals surface area contributed by atoms with Crippen LogP contribution in [0.15, 0.2) is 16.7 Å². The predicted octanol–water partition coefficient (Wildman–Crippen LogP) is 1.75. The summed E-state index contributed by atoms with van der Waals surface area (Å²) in [6, 6.07) is 1.62. The fourth-order valence-electron chi connectivity index (χ4n) is 0.867. The van der Waals surface area contributed by atoms with Crippen LogP contribution in [0.4, 0.5) is 5.13 Å². The Hall–Kier alpha value is -1.87. The third kappa shape index (κ3) is 2.79. The van der Waals surface area contributed by atoms with Crippen LogP contribution in [-0.2, 0) is 4.79 Å². The van der Waals surface area contributed by atoms with Crippen molar-refractivity contribution in [2.75, 3.05) is 5.32 Å². The molecule has 0 aromatic carbocycles. The van der Waals surface area contributed by atoms with Gasteiger partial charge in [-0.25, -0.2) is 4.98 Å². The molecule has 6 heteroatoms. The summed E-state index contributed by atoms with van der Waals surface area (Å²) >= 11 is 1.26. The van der Waals surface area contributed by atoms with Crippen molar-refractivity contribution in [1.82, 2.24) is 4.98 Å². The second-order valence-electron chi connectivity index (χ2n) is 2.82. The monoisotopic (exact) mass is 223 g/mol. The topological polar surface area (TPSA) is 86.0 Å². The Kier molecular flexibility index (Phi) is 3.42. The molecule has 0 fully saturated rings. The molecule has 0 saturated carbocycles. The fourth-order valence-corrected chi connectivity index (χ4v) is 1.55. The van der Waals surface area contributed by atoms with Crippen molar-refractivity contribution in [3.63, 3.8) is 0 Å². The number of nitriles is 1. The lowest BCUT2D eigenvalue weighted by atomic mass is 10.2. The van der Waals surface area contributed by atoms with E-state index >= 15 is 0 Å². The normalized spacial score (nSPS) is 11.5. The zero-order chi connectivity index (χ0) is 11.4. The number of aromatic nitrogens is 1. The van der Waals surface area contributed by atoms with Crippen LogP contribution in [0.2, 0.25) is 0 Å². The molecule has 1 amide bonds. The van der Waals surface area contributed by atoms with Crippen molar-refractivity contribution in [3.05, 3.63) is 22.4 Å². The Morgan fingerprint density at radius 3 is 2.80 bits per heavy atom. The number of amides is 1. The zero-order valence-electron chi connectivity index (χ0n) is 8.24. The van der Waals surface area contributed by atoms with E-state index in [1.807, 2.05) is 0 Å². The molecular formula is C9H9N3O2S. The third-order valence-corrected chi connectivity index (χ3v) is 2.42. The van der Waals surface area contributed by atoms with Gasteiger partial charge in [-0.05, 0) is 13.8 Å². The zero-order valence-corrected chi connectivity index (χ0v) is 9.05. The second-order valence-corrected chi connectivity index (χ2v) is 3.68. The number of rotatable bonds is 2. The van der Waals surface area contributed by atoms with Crippen LogP contribution in [-0.4, -0.2) is 16.0 Å². The van der Waals surface area contributed by atoms with E-state index in [-0.39, 0.29) is 11.3 Å². The van der Waals surface area contributed by atoms with Crippen LogP contribution >= 0.6 is 11.3 Å². The lowest BCUT2D eigenvalue weighted by molar-refractivity contribution is -0.112. The summed E-state index contributed by atoms with van der Waals surface area (Å²) in [7, 11) is 0. The quantitative estimate of drug-likeness (QED) is 0.454. The standard InChI is InChI=1S/C9H9N3O2S/c1-5-4-15-9(11-5)12-8(14)7(3-10)6(2)13/h4,13H,1-2H3,(H,11,12,14). The summed E-state index contributed by atoms with van der Waals surface area (Å²) in [4.78, 5) is 15.4. The maximum atomic E-state index is 11.4. The first-order valence-electron chi connectivity index (χ1n) is 4.08. The van der Waals surface area contributed by atoms with E-state index in [1.54, 1.807) is 18.4 Å². The summed E-state index contributed by atoms with van der Waals surface area (Å²) in [6.45, 7) is 3.08. The van der Waals surface area contributed by atoms with Crippen LogP contribution in [0.3, 0.4) is 0 Å². The van der Waals surface area contributed by atoms with Gasteiger partial charge in [-0.15, -0.1) is 11.3 Å². The Bertz CT molecular complexity index is 452. The van der Waals surface area contributed by atoms with Gasteiger partial charge in [-0.2, -0.15) is 5.26 Å². The number of carbonyl (C=O) groups is 1. The van der Waals surface area contributed by atoms with E-state index in [1.165, 1.54) is 18.3 Å². The number of aliphatic hydroxyl groups excluding tert-OH is 1. The average molecular weight is 223 g/mol. The van der Waals surface area contributed by atoms with Crippen LogP contribution in [0.25, 0.3) is 0 Å². The Morgan fingerprint density at radius 1 is 1.73 bits per heavy atom. The Morgan fingerprint density at radius 2 is 2.40 bits per heavy atom. The van der Waals surface area contributed by atoms with Gasteiger partial charge in [0.25, 0.3) is 5.91 Å². The van der Waals surface area contributed by atoms with Crippen molar-refractivity contribution in [2.24, 2.45) is 0 Å². The van der Waals surface area contributed by atoms with Crippen LogP contribution in [0.5, 0.6) is 0 Å². The number of aryl methyl sites for hydroxylation is 1. The third-order valence-electron chi connectivity index (χ3n) is 1.54. The summed E-state index contributed by atoms with van der Waals surface area (Å²) in [5.41, 5.74) is 0.487. The van der Waals surface area contributed by atoms with Gasteiger partial charge in [0.15, 0.2) is 10.7 Å². The molecule has 0 atom stereocenters. The molecule has 1 heterocycles. The van der Waals surface area contributed by atoms with E-state index in [0.29, 0.717) is 5.13 Å². The number of carbonyl (C=O) groups excluding carboxylic acids is 1. The number of anilines is 1. The van der Waals surface area contributed by atoms with Gasteiger partial charge in [0.1, 0.15) is 11.8 Å². The van der Waals surface area contributed by atoms with Gasteiger partial charge < -0.3 is 5.11 Å². The lowest BCUT2D eigenvalue weighted by Gasteiger charge is -1.99. The van der Waals surface area contributed by atoms with Gasteiger partial charge in [0, 0.05) is 5.38 Å². The van der Waals surface area contributed by atoms with Gasteiger partial charge in [0.2, 0.25) is 0 Å². The largest absolute Gasteiger partial charge is 0.511 e. The number of allylic oxidation sites excluding steroid dienone is 1. The maximum Gasteiger partial charge on any atom is 0.271 e. The molecular weight excluding hydrogens is 214 g/mol. The van der Waals surface area contributed by atoms with E-state index in [4.69, 9.17) is 10.4 Å². The first kappa shape index (κ1) is 11.2. The van der Waals surface area contributed by atoms with Crippen LogP contribution in [0, 0.1) is 18.3 Å². The molecule has 1 aromatic rings. The van der Waals surface area contributed by atoms with Crippen molar-refractivity contribution in [3.8, 4) is 6.07 Å². The summed E-state index contributed by atoms with van der Waals surface area (Å²) in [6.07, 6.45) is 0. The summed E-state index contributed by atoms with van der Waals surface area (Å²) < 4.78 is 0. The number of aliphatic hydroxyl groups is 1. The molecule has 15 heavy (non-hydrogen) atoms. The Labute approximate surface area is 90.7 Å². The number of hydrogen-bond donors (Lipinski definition) is 2. The molecule has 0 bridgehead atoms. The highest BCUT2D eigenvalue weighted by molar-refractivity contribution is 7.13. The van der Waals surface area contributed by atoms with Crippen molar-refractivity contribution < 1.29 is 9.90 Å². The number of thiazole rings is 1. The summed E-state index contributed by atoms with van der Waals surface area (Å²) in [5, 5.41) is 22.3. The molecule has 2 N–H and O–H groups in total. The highest BCUT2D eigenvalue weighted by Gasteiger charge is 2.13. The van der Waals surface area contributed by atoms with Crippen molar-refractivity contribution in [1.29, 1.82) is 5.26 Å². The molecule has 0 aliphatic heterocycles. The molecule has 0 saturated heterocycles. The molecule has 0 radical (unpaired) electrons. The van der Waals surface area contributed by atoms with Gasteiger partial charge >= 0.3 is 0 Å². The van der Waals surface area contributed by atoms with E-state index in [2.05, 4.69) is 10.3 Å². The highest BCUT2D eigenvalue weighted by atomic mass is 32.1. The predicted molar refractivity (Wildman–Crippen MR) is 56.4 cm³/mol. The van der Waals surface area contributed by atoms with E-state index < -0.39 is 5.91 Å². The molecule has 0 aliphatic carbocycles. The fraction of sp³-hybridized carbons (Fsp3) is 0.222. The summed E-state index contributed by atoms with van der Waals surface area (Å²) in [5.74, 6) is -0.949. The Balaban J connectivity index is 2.81. The van der Waals surface area contributed by atoms with Crippen LogP contribution < -0.4 is 5.32 Å². The van der Waals surface area contributed by atoms with Crippen molar-refractivity contribution in [2.45, 2.75) is 13.8 Å². The molecule has 1 aromatic heterocycles. The molecule has 5 nitrogen and oxygen atoms in total. The van der Waals surface area contributed by atoms with Gasteiger partial charge in [-0.3, -0.25) is 10.1 Å². The SMILES string of the molecule is CC(O)=C(C#N)C(=O)Nc1nc(C)cs1. The number of nitrogens with one attached hydrogen (secondary N) is 1.